The van der Waals surface area contributed by atoms with Crippen LogP contribution >= 0.6 is 22.9 Å². The number of sulfonamides is 1. The van der Waals surface area contributed by atoms with Gasteiger partial charge in [-0.3, -0.25) is 4.72 Å². The van der Waals surface area contributed by atoms with Crippen molar-refractivity contribution in [3.05, 3.63) is 52.9 Å². The second-order valence-electron chi connectivity index (χ2n) is 6.22. The van der Waals surface area contributed by atoms with E-state index in [0.29, 0.717) is 15.7 Å². The van der Waals surface area contributed by atoms with Gasteiger partial charge in [0.1, 0.15) is 4.21 Å². The molecular weight excluding hydrogens is 404 g/mol. The molecule has 0 saturated carbocycles. The fourth-order valence-corrected chi connectivity index (χ4v) is 5.52. The predicted octanol–water partition coefficient (Wildman–Crippen LogP) is 4.26. The molecule has 2 aromatic heterocycles. The number of halogens is 1. The number of rotatable bonds is 5. The van der Waals surface area contributed by atoms with Crippen molar-refractivity contribution in [2.45, 2.75) is 17.1 Å². The highest BCUT2D eigenvalue weighted by atomic mass is 35.5. The highest BCUT2D eigenvalue weighted by molar-refractivity contribution is 7.94. The normalized spacial score (nSPS) is 14.5. The third-order valence-electron chi connectivity index (χ3n) is 4.30. The van der Waals surface area contributed by atoms with Crippen LogP contribution in [0.3, 0.4) is 0 Å². The van der Waals surface area contributed by atoms with E-state index in [4.69, 9.17) is 11.6 Å². The topological polar surface area (TPSA) is 75.2 Å². The fraction of sp³-hybridized carbons (Fsp3) is 0.222. The summed E-state index contributed by atoms with van der Waals surface area (Å²) in [6.45, 7) is 2.02. The first kappa shape index (κ1) is 18.2. The number of anilines is 2. The first-order valence-electron chi connectivity index (χ1n) is 8.48. The van der Waals surface area contributed by atoms with Crippen molar-refractivity contribution < 1.29 is 8.42 Å². The van der Waals surface area contributed by atoms with E-state index in [1.807, 2.05) is 18.2 Å². The Hall–Kier alpha value is -2.16. The predicted molar refractivity (Wildman–Crippen MR) is 109 cm³/mol. The summed E-state index contributed by atoms with van der Waals surface area (Å²) < 4.78 is 28.1. The number of benzene rings is 1. The van der Waals surface area contributed by atoms with Gasteiger partial charge in [-0.05, 0) is 49.2 Å². The van der Waals surface area contributed by atoms with Gasteiger partial charge in [0.05, 0.1) is 10.0 Å². The lowest BCUT2D eigenvalue weighted by atomic mass is 10.1. The smallest absolute Gasteiger partial charge is 0.271 e. The molecule has 4 rings (SSSR count). The average molecular weight is 421 g/mol. The first-order valence-corrected chi connectivity index (χ1v) is 11.2. The van der Waals surface area contributed by atoms with Gasteiger partial charge in [-0.1, -0.05) is 23.7 Å². The van der Waals surface area contributed by atoms with E-state index in [9.17, 15) is 8.42 Å². The molecule has 0 bridgehead atoms. The Morgan fingerprint density at radius 3 is 2.52 bits per heavy atom. The number of nitrogens with one attached hydrogen (secondary N) is 1. The van der Waals surface area contributed by atoms with Crippen LogP contribution in [0.15, 0.2) is 52.7 Å². The molecule has 0 atom stereocenters. The lowest BCUT2D eigenvalue weighted by Gasteiger charge is -2.15. The van der Waals surface area contributed by atoms with Gasteiger partial charge in [0.15, 0.2) is 5.82 Å². The van der Waals surface area contributed by atoms with Crippen molar-refractivity contribution in [2.24, 2.45) is 0 Å². The highest BCUT2D eigenvalue weighted by Crippen LogP contribution is 2.28. The molecule has 3 aromatic rings. The molecule has 6 nitrogen and oxygen atoms in total. The van der Waals surface area contributed by atoms with Gasteiger partial charge in [-0.25, -0.2) is 8.42 Å². The van der Waals surface area contributed by atoms with Crippen LogP contribution in [0.1, 0.15) is 12.8 Å². The first-order chi connectivity index (χ1) is 13.0. The van der Waals surface area contributed by atoms with E-state index in [-0.39, 0.29) is 4.21 Å². The van der Waals surface area contributed by atoms with Crippen molar-refractivity contribution in [3.8, 4) is 11.3 Å². The Balaban J connectivity index is 1.55. The molecule has 1 N–H and O–H groups in total. The summed E-state index contributed by atoms with van der Waals surface area (Å²) in [5.41, 5.74) is 1.94. The maximum absolute atomic E-state index is 12.5. The zero-order valence-corrected chi connectivity index (χ0v) is 16.7. The molecule has 0 radical (unpaired) electrons. The van der Waals surface area contributed by atoms with E-state index in [2.05, 4.69) is 19.8 Å². The number of nitrogens with zero attached hydrogens (tertiary/aromatic N) is 3. The van der Waals surface area contributed by atoms with Gasteiger partial charge < -0.3 is 4.90 Å². The largest absolute Gasteiger partial charge is 0.355 e. The Morgan fingerprint density at radius 1 is 1.04 bits per heavy atom. The molecule has 1 fully saturated rings. The second kappa shape index (κ2) is 7.46. The van der Waals surface area contributed by atoms with Gasteiger partial charge in [0.25, 0.3) is 10.0 Å². The molecule has 0 aliphatic carbocycles. The van der Waals surface area contributed by atoms with Crippen molar-refractivity contribution in [3.63, 3.8) is 0 Å². The standard InChI is InChI=1S/C18H17ClN4O2S2/c19-16-7-9-18(26-16)27(24,25)22-14-5-3-4-13(12-14)15-6-8-17(21-20-15)23-10-1-2-11-23/h3-9,12,22H,1-2,10-11H2. The highest BCUT2D eigenvalue weighted by Gasteiger charge is 2.17. The summed E-state index contributed by atoms with van der Waals surface area (Å²) >= 11 is 6.86. The van der Waals surface area contributed by atoms with Crippen molar-refractivity contribution in [2.75, 3.05) is 22.7 Å². The number of aromatic nitrogens is 2. The van der Waals surface area contributed by atoms with E-state index >= 15 is 0 Å². The molecule has 27 heavy (non-hydrogen) atoms. The maximum atomic E-state index is 12.5. The number of thiophene rings is 1. The van der Waals surface area contributed by atoms with Crippen LogP contribution < -0.4 is 9.62 Å². The molecular formula is C18H17ClN4O2S2. The molecule has 1 saturated heterocycles. The number of hydrogen-bond donors (Lipinski definition) is 1. The van der Waals surface area contributed by atoms with E-state index in [0.717, 1.165) is 35.8 Å². The summed E-state index contributed by atoms with van der Waals surface area (Å²) in [5, 5.41) is 8.62. The van der Waals surface area contributed by atoms with Crippen LogP contribution in [0.5, 0.6) is 0 Å². The van der Waals surface area contributed by atoms with Crippen LogP contribution in [-0.2, 0) is 10.0 Å². The average Bonchev–Trinajstić information content (AvgIpc) is 3.34. The van der Waals surface area contributed by atoms with Crippen LogP contribution in [0.25, 0.3) is 11.3 Å². The maximum Gasteiger partial charge on any atom is 0.271 e. The Bertz CT molecular complexity index is 1050. The minimum atomic E-state index is -3.67. The monoisotopic (exact) mass is 420 g/mol. The number of hydrogen-bond acceptors (Lipinski definition) is 6. The second-order valence-corrected chi connectivity index (χ2v) is 9.84. The van der Waals surface area contributed by atoms with Crippen LogP contribution in [-0.4, -0.2) is 31.7 Å². The molecule has 1 aromatic carbocycles. The molecule has 0 spiro atoms. The molecule has 140 valence electrons. The van der Waals surface area contributed by atoms with E-state index in [1.165, 1.54) is 18.9 Å². The summed E-state index contributed by atoms with van der Waals surface area (Å²) in [7, 11) is -3.67. The van der Waals surface area contributed by atoms with Gasteiger partial charge >= 0.3 is 0 Å². The van der Waals surface area contributed by atoms with E-state index < -0.39 is 10.0 Å². The SMILES string of the molecule is O=S(=O)(Nc1cccc(-c2ccc(N3CCCC3)nn2)c1)c1ccc(Cl)s1. The van der Waals surface area contributed by atoms with Gasteiger partial charge in [0, 0.05) is 24.3 Å². The van der Waals surface area contributed by atoms with Crippen LogP contribution in [0.2, 0.25) is 4.34 Å². The minimum absolute atomic E-state index is 0.174. The van der Waals surface area contributed by atoms with Crippen molar-refractivity contribution in [1.82, 2.24) is 10.2 Å². The quantitative estimate of drug-likeness (QED) is 0.667. The van der Waals surface area contributed by atoms with Crippen LogP contribution in [0.4, 0.5) is 11.5 Å². The molecule has 0 amide bonds. The van der Waals surface area contributed by atoms with Crippen molar-refractivity contribution >= 4 is 44.5 Å². The molecule has 9 heteroatoms. The van der Waals surface area contributed by atoms with Gasteiger partial charge in [-0.15, -0.1) is 21.5 Å². The summed E-state index contributed by atoms with van der Waals surface area (Å²) in [4.78, 5) is 2.22. The lowest BCUT2D eigenvalue weighted by Crippen LogP contribution is -2.19. The lowest BCUT2D eigenvalue weighted by molar-refractivity contribution is 0.603. The fourth-order valence-electron chi connectivity index (χ4n) is 2.98. The molecule has 0 unspecified atom stereocenters. The molecule has 1 aliphatic rings. The Morgan fingerprint density at radius 2 is 1.85 bits per heavy atom. The Labute approximate surface area is 166 Å². The third-order valence-corrected chi connectivity index (χ3v) is 7.41. The zero-order valence-electron chi connectivity index (χ0n) is 14.3. The van der Waals surface area contributed by atoms with Gasteiger partial charge in [0.2, 0.25) is 0 Å². The Kier molecular flexibility index (Phi) is 5.03. The van der Waals surface area contributed by atoms with Crippen molar-refractivity contribution in [1.29, 1.82) is 0 Å². The minimum Gasteiger partial charge on any atom is -0.355 e. The molecule has 3 heterocycles. The van der Waals surface area contributed by atoms with Crippen LogP contribution in [0, 0.1) is 0 Å². The zero-order chi connectivity index (χ0) is 18.9. The summed E-state index contributed by atoms with van der Waals surface area (Å²) in [5.74, 6) is 0.877. The summed E-state index contributed by atoms with van der Waals surface area (Å²) in [6.07, 6.45) is 2.36. The third kappa shape index (κ3) is 4.07. The summed E-state index contributed by atoms with van der Waals surface area (Å²) in [6, 6.07) is 14.0. The van der Waals surface area contributed by atoms with E-state index in [1.54, 1.807) is 24.3 Å². The van der Waals surface area contributed by atoms with Gasteiger partial charge in [-0.2, -0.15) is 0 Å². The molecule has 1 aliphatic heterocycles.